The maximum atomic E-state index is 12.9. The van der Waals surface area contributed by atoms with Crippen molar-refractivity contribution in [1.82, 2.24) is 4.90 Å². The number of fused-ring (bicyclic) bond motifs is 3. The van der Waals surface area contributed by atoms with Crippen molar-refractivity contribution in [1.29, 1.82) is 0 Å². The number of ether oxygens (including phenoxy) is 1. The molecule has 1 N–H and O–H groups in total. The Kier molecular flexibility index (Phi) is 6.93. The van der Waals surface area contributed by atoms with Crippen LogP contribution in [-0.2, 0) is 14.3 Å². The summed E-state index contributed by atoms with van der Waals surface area (Å²) in [6, 6.07) is 14.9. The number of carboxylic acids is 1. The summed E-state index contributed by atoms with van der Waals surface area (Å²) in [4.78, 5) is 26.7. The zero-order chi connectivity index (χ0) is 21.8. The van der Waals surface area contributed by atoms with Gasteiger partial charge >= 0.3 is 11.9 Å². The normalized spacial score (nSPS) is 14.1. The van der Waals surface area contributed by atoms with Crippen molar-refractivity contribution in [2.45, 2.75) is 39.7 Å². The first-order valence-corrected chi connectivity index (χ1v) is 10.6. The fourth-order valence-corrected chi connectivity index (χ4v) is 4.31. The fraction of sp³-hybridized carbons (Fsp3) is 0.440. The van der Waals surface area contributed by atoms with Gasteiger partial charge in [-0.25, -0.2) is 9.59 Å². The zero-order valence-electron chi connectivity index (χ0n) is 18.2. The first-order valence-electron chi connectivity index (χ1n) is 10.6. The van der Waals surface area contributed by atoms with E-state index in [4.69, 9.17) is 4.74 Å². The van der Waals surface area contributed by atoms with Crippen LogP contribution in [0.5, 0.6) is 0 Å². The third kappa shape index (κ3) is 4.73. The van der Waals surface area contributed by atoms with E-state index in [2.05, 4.69) is 12.1 Å². The van der Waals surface area contributed by atoms with E-state index in [-0.39, 0.29) is 24.4 Å². The largest absolute Gasteiger partial charge is 0.480 e. The molecule has 2 aromatic carbocycles. The highest BCUT2D eigenvalue weighted by Crippen LogP contribution is 2.44. The Balaban J connectivity index is 1.80. The Morgan fingerprint density at radius 1 is 0.900 bits per heavy atom. The quantitative estimate of drug-likeness (QED) is 0.491. The number of benzene rings is 2. The molecule has 5 heteroatoms. The molecule has 0 saturated carbocycles. The lowest BCUT2D eigenvalue weighted by Crippen LogP contribution is -2.50. The molecule has 0 aliphatic heterocycles. The van der Waals surface area contributed by atoms with Crippen LogP contribution < -0.4 is 0 Å². The zero-order valence-corrected chi connectivity index (χ0v) is 18.2. The Morgan fingerprint density at radius 3 is 1.80 bits per heavy atom. The van der Waals surface area contributed by atoms with Gasteiger partial charge in [0.15, 0.2) is 0 Å². The van der Waals surface area contributed by atoms with Crippen LogP contribution in [0.1, 0.15) is 44.7 Å². The molecule has 3 rings (SSSR count). The average Bonchev–Trinajstić information content (AvgIpc) is 2.99. The van der Waals surface area contributed by atoms with Gasteiger partial charge in [-0.2, -0.15) is 0 Å². The van der Waals surface area contributed by atoms with Crippen LogP contribution in [0.25, 0.3) is 11.1 Å². The lowest BCUT2D eigenvalue weighted by Gasteiger charge is -2.30. The summed E-state index contributed by atoms with van der Waals surface area (Å²) in [5.41, 5.74) is 4.51. The van der Waals surface area contributed by atoms with Crippen LogP contribution in [0.15, 0.2) is 48.5 Å². The number of aliphatic carboxylic acids is 1. The molecule has 0 heterocycles. The molecule has 2 aromatic rings. The van der Waals surface area contributed by atoms with Gasteiger partial charge in [-0.05, 0) is 34.1 Å². The second-order valence-electron chi connectivity index (χ2n) is 8.84. The predicted octanol–water partition coefficient (Wildman–Crippen LogP) is 4.41. The number of carbonyl (C=O) groups is 2. The molecule has 1 aliphatic rings. The highest BCUT2D eigenvalue weighted by Gasteiger charge is 2.36. The van der Waals surface area contributed by atoms with Crippen molar-refractivity contribution in [2.24, 2.45) is 11.8 Å². The predicted molar refractivity (Wildman–Crippen MR) is 117 cm³/mol. The monoisotopic (exact) mass is 409 g/mol. The molecule has 5 nitrogen and oxygen atoms in total. The maximum Gasteiger partial charge on any atom is 0.335 e. The smallest absolute Gasteiger partial charge is 0.335 e. The molecule has 0 spiro atoms. The molecular formula is C25H31NO4. The van der Waals surface area contributed by atoms with E-state index < -0.39 is 18.0 Å². The number of nitrogens with zero attached hydrogens (tertiary/aromatic N) is 1. The standard InChI is InChI=1S/C25H31NO4/c1-16(2)13-26(14-17(3)4)23(24(27)28)25(29)30-15-22-20-11-7-5-9-18(20)19-10-6-8-12-21(19)22/h5-12,16-17,22-23H,13-15H2,1-4H3,(H,27,28). The van der Waals surface area contributed by atoms with Crippen molar-refractivity contribution >= 4 is 11.9 Å². The first-order chi connectivity index (χ1) is 14.3. The molecule has 1 unspecified atom stereocenters. The Labute approximate surface area is 178 Å². The fourth-order valence-electron chi connectivity index (χ4n) is 4.31. The van der Waals surface area contributed by atoms with Crippen LogP contribution in [0.3, 0.4) is 0 Å². The van der Waals surface area contributed by atoms with E-state index in [1.807, 2.05) is 64.1 Å². The minimum absolute atomic E-state index is 0.0838. The van der Waals surface area contributed by atoms with Gasteiger partial charge in [0.25, 0.3) is 0 Å². The van der Waals surface area contributed by atoms with Crippen molar-refractivity contribution in [2.75, 3.05) is 19.7 Å². The van der Waals surface area contributed by atoms with Gasteiger partial charge in [0.1, 0.15) is 6.61 Å². The molecule has 1 aliphatic carbocycles. The third-order valence-electron chi connectivity index (χ3n) is 5.38. The van der Waals surface area contributed by atoms with Gasteiger partial charge in [-0.1, -0.05) is 76.2 Å². The van der Waals surface area contributed by atoms with E-state index >= 15 is 0 Å². The summed E-state index contributed by atoms with van der Waals surface area (Å²) in [5.74, 6) is -1.45. The van der Waals surface area contributed by atoms with Gasteiger partial charge < -0.3 is 9.84 Å². The number of rotatable bonds is 9. The summed E-state index contributed by atoms with van der Waals surface area (Å²) in [6.45, 7) is 9.26. The second kappa shape index (κ2) is 9.43. The molecule has 0 aromatic heterocycles. The van der Waals surface area contributed by atoms with Crippen LogP contribution in [0.2, 0.25) is 0 Å². The maximum absolute atomic E-state index is 12.9. The minimum atomic E-state index is -1.29. The molecule has 0 amide bonds. The van der Waals surface area contributed by atoms with Gasteiger partial charge in [-0.3, -0.25) is 4.90 Å². The molecular weight excluding hydrogens is 378 g/mol. The summed E-state index contributed by atoms with van der Waals surface area (Å²) in [5, 5.41) is 9.80. The van der Waals surface area contributed by atoms with E-state index in [0.717, 1.165) is 22.3 Å². The van der Waals surface area contributed by atoms with E-state index in [9.17, 15) is 14.7 Å². The highest BCUT2D eigenvalue weighted by atomic mass is 16.5. The van der Waals surface area contributed by atoms with Crippen LogP contribution >= 0.6 is 0 Å². The number of carboxylic acid groups (broad SMARTS) is 1. The molecule has 0 fully saturated rings. The van der Waals surface area contributed by atoms with Crippen molar-refractivity contribution < 1.29 is 19.4 Å². The number of carbonyl (C=O) groups excluding carboxylic acids is 1. The van der Waals surface area contributed by atoms with E-state index in [0.29, 0.717) is 13.1 Å². The van der Waals surface area contributed by atoms with Gasteiger partial charge in [0.2, 0.25) is 6.04 Å². The van der Waals surface area contributed by atoms with Crippen molar-refractivity contribution in [3.05, 3.63) is 59.7 Å². The molecule has 1 atom stereocenters. The lowest BCUT2D eigenvalue weighted by atomic mass is 9.98. The Hall–Kier alpha value is -2.66. The summed E-state index contributed by atoms with van der Waals surface area (Å²) in [7, 11) is 0. The number of esters is 1. The number of hydrogen-bond acceptors (Lipinski definition) is 4. The van der Waals surface area contributed by atoms with Gasteiger partial charge in [-0.15, -0.1) is 0 Å². The van der Waals surface area contributed by atoms with Crippen LogP contribution in [0, 0.1) is 11.8 Å². The third-order valence-corrected chi connectivity index (χ3v) is 5.38. The molecule has 30 heavy (non-hydrogen) atoms. The van der Waals surface area contributed by atoms with Gasteiger partial charge in [0.05, 0.1) is 0 Å². The average molecular weight is 410 g/mol. The summed E-state index contributed by atoms with van der Waals surface area (Å²) >= 11 is 0. The highest BCUT2D eigenvalue weighted by molar-refractivity contribution is 5.98. The number of hydrogen-bond donors (Lipinski definition) is 1. The Bertz CT molecular complexity index is 850. The van der Waals surface area contributed by atoms with Gasteiger partial charge in [0, 0.05) is 19.0 Å². The van der Waals surface area contributed by atoms with Crippen LogP contribution in [-0.4, -0.2) is 47.7 Å². The molecule has 160 valence electrons. The molecule has 0 saturated heterocycles. The minimum Gasteiger partial charge on any atom is -0.480 e. The SMILES string of the molecule is CC(C)CN(CC(C)C)C(C(=O)O)C(=O)OCC1c2ccccc2-c2ccccc21. The summed E-state index contributed by atoms with van der Waals surface area (Å²) < 4.78 is 5.65. The molecule has 0 bridgehead atoms. The van der Waals surface area contributed by atoms with Crippen molar-refractivity contribution in [3.63, 3.8) is 0 Å². The second-order valence-corrected chi connectivity index (χ2v) is 8.84. The Morgan fingerprint density at radius 2 is 1.37 bits per heavy atom. The lowest BCUT2D eigenvalue weighted by molar-refractivity contribution is -0.161. The van der Waals surface area contributed by atoms with Crippen LogP contribution in [0.4, 0.5) is 0 Å². The summed E-state index contributed by atoms with van der Waals surface area (Å²) in [6.07, 6.45) is 0. The molecule has 0 radical (unpaired) electrons. The topological polar surface area (TPSA) is 66.8 Å². The van der Waals surface area contributed by atoms with E-state index in [1.165, 1.54) is 0 Å². The first kappa shape index (κ1) is 22.0. The van der Waals surface area contributed by atoms with E-state index in [1.54, 1.807) is 4.90 Å². The van der Waals surface area contributed by atoms with Crippen molar-refractivity contribution in [3.8, 4) is 11.1 Å².